The van der Waals surface area contributed by atoms with Gasteiger partial charge in [-0.15, -0.1) is 0 Å². The molecule has 0 fully saturated rings. The third kappa shape index (κ3) is 4.52. The maximum atomic E-state index is 5.66. The van der Waals surface area contributed by atoms with E-state index >= 15 is 0 Å². The number of rotatable bonds is 9. The van der Waals surface area contributed by atoms with Gasteiger partial charge in [-0.25, -0.2) is 0 Å². The molecule has 0 aromatic carbocycles. The van der Waals surface area contributed by atoms with Crippen LogP contribution in [-0.2, 0) is 11.2 Å². The Morgan fingerprint density at radius 3 is 2.76 bits per heavy atom. The summed E-state index contributed by atoms with van der Waals surface area (Å²) in [5, 5.41) is 3.52. The molecule has 0 saturated heterocycles. The molecule has 0 amide bonds. The molecular formula is C14H25NO2. The molecule has 98 valence electrons. The van der Waals surface area contributed by atoms with Crippen molar-refractivity contribution in [3.05, 3.63) is 23.7 Å². The van der Waals surface area contributed by atoms with E-state index < -0.39 is 0 Å². The molecule has 0 bridgehead atoms. The lowest BCUT2D eigenvalue weighted by Gasteiger charge is -2.18. The van der Waals surface area contributed by atoms with Crippen LogP contribution in [0.1, 0.15) is 51.0 Å². The highest BCUT2D eigenvalue weighted by Gasteiger charge is 2.16. The number of furan rings is 1. The Hall–Kier alpha value is -0.800. The van der Waals surface area contributed by atoms with Crippen LogP contribution in [0.2, 0.25) is 0 Å². The lowest BCUT2D eigenvalue weighted by molar-refractivity contribution is 0.111. The van der Waals surface area contributed by atoms with Gasteiger partial charge in [-0.2, -0.15) is 0 Å². The summed E-state index contributed by atoms with van der Waals surface area (Å²) in [7, 11) is 0. The van der Waals surface area contributed by atoms with Crippen LogP contribution in [0.15, 0.2) is 16.7 Å². The van der Waals surface area contributed by atoms with Crippen molar-refractivity contribution in [3.63, 3.8) is 0 Å². The van der Waals surface area contributed by atoms with Crippen LogP contribution in [0, 0.1) is 0 Å². The third-order valence-corrected chi connectivity index (χ3v) is 2.75. The van der Waals surface area contributed by atoms with Crippen molar-refractivity contribution in [2.24, 2.45) is 0 Å². The van der Waals surface area contributed by atoms with Gasteiger partial charge in [-0.1, -0.05) is 20.8 Å². The molecule has 0 aliphatic carbocycles. The SMILES string of the molecule is CCCNC(COCCC)c1ccoc1CC. The second-order valence-electron chi connectivity index (χ2n) is 4.23. The first-order chi connectivity index (χ1) is 8.33. The number of ether oxygens (including phenoxy) is 1. The Morgan fingerprint density at radius 2 is 2.12 bits per heavy atom. The molecule has 1 rings (SSSR count). The summed E-state index contributed by atoms with van der Waals surface area (Å²) in [6.07, 6.45) is 4.89. The van der Waals surface area contributed by atoms with Gasteiger partial charge in [-0.05, 0) is 25.5 Å². The first-order valence-corrected chi connectivity index (χ1v) is 6.70. The molecule has 0 aliphatic rings. The van der Waals surface area contributed by atoms with Crippen LogP contribution < -0.4 is 5.32 Å². The Morgan fingerprint density at radius 1 is 1.29 bits per heavy atom. The van der Waals surface area contributed by atoms with Crippen LogP contribution in [0.5, 0.6) is 0 Å². The van der Waals surface area contributed by atoms with E-state index in [4.69, 9.17) is 9.15 Å². The third-order valence-electron chi connectivity index (χ3n) is 2.75. The van der Waals surface area contributed by atoms with Crippen LogP contribution in [0.25, 0.3) is 0 Å². The zero-order valence-corrected chi connectivity index (χ0v) is 11.3. The molecule has 3 nitrogen and oxygen atoms in total. The molecule has 1 atom stereocenters. The van der Waals surface area contributed by atoms with Crippen LogP contribution >= 0.6 is 0 Å². The Bertz CT molecular complexity index is 296. The lowest BCUT2D eigenvalue weighted by atomic mass is 10.1. The van der Waals surface area contributed by atoms with Gasteiger partial charge in [0.1, 0.15) is 5.76 Å². The summed E-state index contributed by atoms with van der Waals surface area (Å²) in [6.45, 7) is 8.97. The normalized spacial score (nSPS) is 12.9. The van der Waals surface area contributed by atoms with Gasteiger partial charge in [0.25, 0.3) is 0 Å². The smallest absolute Gasteiger partial charge is 0.108 e. The van der Waals surface area contributed by atoms with Gasteiger partial charge in [0.15, 0.2) is 0 Å². The van der Waals surface area contributed by atoms with Crippen molar-refractivity contribution in [2.45, 2.75) is 46.1 Å². The van der Waals surface area contributed by atoms with Gasteiger partial charge in [0.2, 0.25) is 0 Å². The van der Waals surface area contributed by atoms with Gasteiger partial charge in [0.05, 0.1) is 18.9 Å². The van der Waals surface area contributed by atoms with Gasteiger partial charge >= 0.3 is 0 Å². The topological polar surface area (TPSA) is 34.4 Å². The predicted molar refractivity (Wildman–Crippen MR) is 70.2 cm³/mol. The summed E-state index contributed by atoms with van der Waals surface area (Å²) in [6, 6.07) is 2.32. The molecule has 1 unspecified atom stereocenters. The molecule has 1 aromatic rings. The van der Waals surface area contributed by atoms with E-state index in [2.05, 4.69) is 32.2 Å². The maximum absolute atomic E-state index is 5.66. The van der Waals surface area contributed by atoms with Crippen LogP contribution in [-0.4, -0.2) is 19.8 Å². The van der Waals surface area contributed by atoms with Crippen molar-refractivity contribution in [1.82, 2.24) is 5.32 Å². The van der Waals surface area contributed by atoms with Crippen molar-refractivity contribution in [2.75, 3.05) is 19.8 Å². The van der Waals surface area contributed by atoms with E-state index in [1.165, 1.54) is 5.56 Å². The maximum Gasteiger partial charge on any atom is 0.108 e. The number of nitrogens with one attached hydrogen (secondary N) is 1. The van der Waals surface area contributed by atoms with E-state index in [9.17, 15) is 0 Å². The summed E-state index contributed by atoms with van der Waals surface area (Å²) in [5.74, 6) is 1.07. The van der Waals surface area contributed by atoms with E-state index in [0.29, 0.717) is 0 Å². The summed E-state index contributed by atoms with van der Waals surface area (Å²) >= 11 is 0. The lowest BCUT2D eigenvalue weighted by Crippen LogP contribution is -2.27. The number of hydrogen-bond donors (Lipinski definition) is 1. The average Bonchev–Trinajstić information content (AvgIpc) is 2.81. The molecule has 1 aromatic heterocycles. The van der Waals surface area contributed by atoms with Crippen molar-refractivity contribution in [1.29, 1.82) is 0 Å². The van der Waals surface area contributed by atoms with Gasteiger partial charge < -0.3 is 14.5 Å². The highest BCUT2D eigenvalue weighted by Crippen LogP contribution is 2.20. The second kappa shape index (κ2) is 8.31. The Kier molecular flexibility index (Phi) is 6.97. The fourth-order valence-corrected chi connectivity index (χ4v) is 1.87. The van der Waals surface area contributed by atoms with E-state index in [1.807, 2.05) is 0 Å². The van der Waals surface area contributed by atoms with Gasteiger partial charge in [0, 0.05) is 18.6 Å². The quantitative estimate of drug-likeness (QED) is 0.671. The van der Waals surface area contributed by atoms with E-state index in [0.717, 1.165) is 44.8 Å². The fourth-order valence-electron chi connectivity index (χ4n) is 1.87. The first kappa shape index (κ1) is 14.3. The number of hydrogen-bond acceptors (Lipinski definition) is 3. The van der Waals surface area contributed by atoms with Crippen LogP contribution in [0.3, 0.4) is 0 Å². The minimum Gasteiger partial charge on any atom is -0.469 e. The summed E-state index contributed by atoms with van der Waals surface area (Å²) in [5.41, 5.74) is 1.25. The standard InChI is InChI=1S/C14H25NO2/c1-4-8-15-13(11-16-9-5-2)12-7-10-17-14(12)6-3/h7,10,13,15H,4-6,8-9,11H2,1-3H3. The molecule has 0 aliphatic heterocycles. The monoisotopic (exact) mass is 239 g/mol. The Balaban J connectivity index is 2.60. The van der Waals surface area contributed by atoms with E-state index in [-0.39, 0.29) is 6.04 Å². The first-order valence-electron chi connectivity index (χ1n) is 6.70. The molecule has 3 heteroatoms. The highest BCUT2D eigenvalue weighted by atomic mass is 16.5. The molecule has 1 N–H and O–H groups in total. The zero-order chi connectivity index (χ0) is 12.5. The van der Waals surface area contributed by atoms with E-state index in [1.54, 1.807) is 6.26 Å². The highest BCUT2D eigenvalue weighted by molar-refractivity contribution is 5.21. The average molecular weight is 239 g/mol. The molecule has 17 heavy (non-hydrogen) atoms. The molecule has 0 radical (unpaired) electrons. The molecular weight excluding hydrogens is 214 g/mol. The second-order valence-corrected chi connectivity index (χ2v) is 4.23. The molecule has 1 heterocycles. The summed E-state index contributed by atoms with van der Waals surface area (Å²) in [4.78, 5) is 0. The minimum atomic E-state index is 0.259. The molecule has 0 spiro atoms. The van der Waals surface area contributed by atoms with Crippen molar-refractivity contribution in [3.8, 4) is 0 Å². The molecule has 0 saturated carbocycles. The van der Waals surface area contributed by atoms with Crippen molar-refractivity contribution >= 4 is 0 Å². The Labute approximate surface area is 105 Å². The fraction of sp³-hybridized carbons (Fsp3) is 0.714. The minimum absolute atomic E-state index is 0.259. The van der Waals surface area contributed by atoms with Crippen molar-refractivity contribution < 1.29 is 9.15 Å². The number of aryl methyl sites for hydroxylation is 1. The summed E-state index contributed by atoms with van der Waals surface area (Å²) < 4.78 is 11.1. The van der Waals surface area contributed by atoms with Gasteiger partial charge in [-0.3, -0.25) is 0 Å². The largest absolute Gasteiger partial charge is 0.469 e. The van der Waals surface area contributed by atoms with Crippen LogP contribution in [0.4, 0.5) is 0 Å². The zero-order valence-electron chi connectivity index (χ0n) is 11.3. The predicted octanol–water partition coefficient (Wildman–Crippen LogP) is 3.31.